The van der Waals surface area contributed by atoms with Crippen molar-refractivity contribution in [1.82, 2.24) is 15.5 Å². The highest BCUT2D eigenvalue weighted by Gasteiger charge is 2.15. The first-order valence-corrected chi connectivity index (χ1v) is 11.2. The first-order chi connectivity index (χ1) is 12.3. The van der Waals surface area contributed by atoms with Gasteiger partial charge in [0.2, 0.25) is 0 Å². The summed E-state index contributed by atoms with van der Waals surface area (Å²) in [5, 5.41) is 5.84. The van der Waals surface area contributed by atoms with Gasteiger partial charge in [-0.3, -0.25) is 0 Å². The summed E-state index contributed by atoms with van der Waals surface area (Å²) in [6.07, 6.45) is 5.06. The standard InChI is InChI=1S/C19H31N3O3S/c1-15(14-22-11-5-4-6-12-22)13-20-19(23)21-16(2)17-7-9-18(10-8-17)26(3,24)25/h7-10,15-16H,4-6,11-14H2,1-3H3,(H2,20,21,23). The van der Waals surface area contributed by atoms with Gasteiger partial charge in [0.25, 0.3) is 0 Å². The molecular formula is C19H31N3O3S. The zero-order chi connectivity index (χ0) is 19.2. The zero-order valence-corrected chi connectivity index (χ0v) is 16.8. The van der Waals surface area contributed by atoms with Crippen LogP contribution < -0.4 is 10.6 Å². The molecule has 146 valence electrons. The molecule has 2 atom stereocenters. The second-order valence-corrected chi connectivity index (χ2v) is 9.40. The highest BCUT2D eigenvalue weighted by Crippen LogP contribution is 2.16. The van der Waals surface area contributed by atoms with Gasteiger partial charge in [0.1, 0.15) is 0 Å². The van der Waals surface area contributed by atoms with Crippen molar-refractivity contribution in [1.29, 1.82) is 0 Å². The molecule has 2 unspecified atom stereocenters. The molecule has 6 nitrogen and oxygen atoms in total. The van der Waals surface area contributed by atoms with Gasteiger partial charge in [0.15, 0.2) is 9.84 Å². The maximum absolute atomic E-state index is 12.1. The average Bonchev–Trinajstić information content (AvgIpc) is 2.60. The number of nitrogens with zero attached hydrogens (tertiary/aromatic N) is 1. The minimum absolute atomic E-state index is 0.194. The van der Waals surface area contributed by atoms with Crippen LogP contribution in [0.3, 0.4) is 0 Å². The number of carbonyl (C=O) groups is 1. The highest BCUT2D eigenvalue weighted by atomic mass is 32.2. The van der Waals surface area contributed by atoms with Crippen LogP contribution in [0.25, 0.3) is 0 Å². The Morgan fingerprint density at radius 1 is 1.12 bits per heavy atom. The Labute approximate surface area is 157 Å². The Bertz CT molecular complexity index is 682. The highest BCUT2D eigenvalue weighted by molar-refractivity contribution is 7.90. The molecule has 1 aromatic carbocycles. The van der Waals surface area contributed by atoms with Gasteiger partial charge in [-0.25, -0.2) is 13.2 Å². The molecule has 1 aliphatic heterocycles. The normalized spacial score (nSPS) is 18.1. The van der Waals surface area contributed by atoms with Crippen LogP contribution in [0.15, 0.2) is 29.2 Å². The van der Waals surface area contributed by atoms with Gasteiger partial charge in [-0.05, 0) is 56.5 Å². The molecule has 0 aliphatic carbocycles. The predicted molar refractivity (Wildman–Crippen MR) is 104 cm³/mol. The van der Waals surface area contributed by atoms with E-state index in [1.54, 1.807) is 24.3 Å². The Kier molecular flexibility index (Phi) is 7.46. The number of hydrogen-bond donors (Lipinski definition) is 2. The zero-order valence-electron chi connectivity index (χ0n) is 16.0. The summed E-state index contributed by atoms with van der Waals surface area (Å²) < 4.78 is 23.0. The third kappa shape index (κ3) is 6.61. The lowest BCUT2D eigenvalue weighted by atomic mass is 10.1. The number of benzene rings is 1. The Morgan fingerprint density at radius 3 is 2.31 bits per heavy atom. The lowest BCUT2D eigenvalue weighted by molar-refractivity contribution is 0.197. The van der Waals surface area contributed by atoms with Crippen LogP contribution in [0.2, 0.25) is 0 Å². The second kappa shape index (κ2) is 9.37. The molecule has 1 aromatic rings. The van der Waals surface area contributed by atoms with Crippen LogP contribution in [-0.2, 0) is 9.84 Å². The van der Waals surface area contributed by atoms with E-state index in [2.05, 4.69) is 22.5 Å². The molecule has 7 heteroatoms. The Hall–Kier alpha value is -1.60. The first kappa shape index (κ1) is 20.7. The number of hydrogen-bond acceptors (Lipinski definition) is 4. The Balaban J connectivity index is 1.75. The van der Waals surface area contributed by atoms with E-state index < -0.39 is 9.84 Å². The number of sulfone groups is 1. The second-order valence-electron chi connectivity index (χ2n) is 7.38. The summed E-state index contributed by atoms with van der Waals surface area (Å²) in [4.78, 5) is 14.9. The fraction of sp³-hybridized carbons (Fsp3) is 0.632. The van der Waals surface area contributed by atoms with Crippen LogP contribution >= 0.6 is 0 Å². The van der Waals surface area contributed by atoms with E-state index in [1.165, 1.54) is 25.5 Å². The third-order valence-electron chi connectivity index (χ3n) is 4.79. The molecule has 26 heavy (non-hydrogen) atoms. The van der Waals surface area contributed by atoms with Crippen molar-refractivity contribution in [2.75, 3.05) is 32.4 Å². The molecule has 2 rings (SSSR count). The first-order valence-electron chi connectivity index (χ1n) is 9.32. The van der Waals surface area contributed by atoms with Gasteiger partial charge in [-0.2, -0.15) is 0 Å². The molecule has 1 fully saturated rings. The van der Waals surface area contributed by atoms with Crippen LogP contribution in [0.4, 0.5) is 4.79 Å². The topological polar surface area (TPSA) is 78.5 Å². The van der Waals surface area contributed by atoms with Gasteiger partial charge >= 0.3 is 6.03 Å². The molecular weight excluding hydrogens is 350 g/mol. The maximum atomic E-state index is 12.1. The van der Waals surface area contributed by atoms with Crippen molar-refractivity contribution in [3.8, 4) is 0 Å². The lowest BCUT2D eigenvalue weighted by Gasteiger charge is -2.29. The van der Waals surface area contributed by atoms with Crippen LogP contribution in [0.5, 0.6) is 0 Å². The van der Waals surface area contributed by atoms with Crippen molar-refractivity contribution in [2.45, 2.75) is 44.0 Å². The van der Waals surface area contributed by atoms with Crippen molar-refractivity contribution in [3.05, 3.63) is 29.8 Å². The fourth-order valence-electron chi connectivity index (χ4n) is 3.25. The van der Waals surface area contributed by atoms with E-state index >= 15 is 0 Å². The van der Waals surface area contributed by atoms with Gasteiger partial charge < -0.3 is 15.5 Å². The smallest absolute Gasteiger partial charge is 0.315 e. The molecule has 0 bridgehead atoms. The van der Waals surface area contributed by atoms with Gasteiger partial charge in [-0.1, -0.05) is 25.5 Å². The van der Waals surface area contributed by atoms with E-state index in [-0.39, 0.29) is 17.0 Å². The molecule has 2 amide bonds. The summed E-state index contributed by atoms with van der Waals surface area (Å²) in [5.74, 6) is 0.406. The molecule has 2 N–H and O–H groups in total. The van der Waals surface area contributed by atoms with E-state index in [1.807, 2.05) is 6.92 Å². The summed E-state index contributed by atoms with van der Waals surface area (Å²) in [5.41, 5.74) is 0.869. The summed E-state index contributed by atoms with van der Waals surface area (Å²) in [6, 6.07) is 6.22. The molecule has 1 heterocycles. The average molecular weight is 382 g/mol. The van der Waals surface area contributed by atoms with Crippen LogP contribution in [-0.4, -0.2) is 51.8 Å². The SMILES string of the molecule is CC(CNC(=O)NC(C)c1ccc(S(C)(=O)=O)cc1)CN1CCCCC1. The number of carbonyl (C=O) groups excluding carboxylic acids is 1. The lowest BCUT2D eigenvalue weighted by Crippen LogP contribution is -2.42. The third-order valence-corrected chi connectivity index (χ3v) is 5.91. The number of urea groups is 1. The monoisotopic (exact) mass is 381 g/mol. The number of nitrogens with one attached hydrogen (secondary N) is 2. The molecule has 0 saturated carbocycles. The molecule has 0 aromatic heterocycles. The van der Waals surface area contributed by atoms with Crippen LogP contribution in [0.1, 0.15) is 44.7 Å². The van der Waals surface area contributed by atoms with Crippen molar-refractivity contribution in [3.63, 3.8) is 0 Å². The van der Waals surface area contributed by atoms with Gasteiger partial charge in [-0.15, -0.1) is 0 Å². The quantitative estimate of drug-likeness (QED) is 0.761. The summed E-state index contributed by atoms with van der Waals surface area (Å²) >= 11 is 0. The van der Waals surface area contributed by atoms with Crippen molar-refractivity contribution in [2.24, 2.45) is 5.92 Å². The summed E-state index contributed by atoms with van der Waals surface area (Å²) in [6.45, 7) is 8.02. The summed E-state index contributed by atoms with van der Waals surface area (Å²) in [7, 11) is -3.20. The molecule has 0 radical (unpaired) electrons. The van der Waals surface area contributed by atoms with Crippen molar-refractivity contribution >= 4 is 15.9 Å². The molecule has 1 saturated heterocycles. The van der Waals surface area contributed by atoms with E-state index in [0.29, 0.717) is 12.5 Å². The van der Waals surface area contributed by atoms with Gasteiger partial charge in [0, 0.05) is 19.3 Å². The minimum Gasteiger partial charge on any atom is -0.338 e. The molecule has 1 aliphatic rings. The van der Waals surface area contributed by atoms with Gasteiger partial charge in [0.05, 0.1) is 10.9 Å². The largest absolute Gasteiger partial charge is 0.338 e. The van der Waals surface area contributed by atoms with Crippen LogP contribution in [0, 0.1) is 5.92 Å². The van der Waals surface area contributed by atoms with E-state index in [0.717, 1.165) is 25.2 Å². The van der Waals surface area contributed by atoms with E-state index in [9.17, 15) is 13.2 Å². The number of amides is 2. The number of likely N-dealkylation sites (tertiary alicyclic amines) is 1. The van der Waals surface area contributed by atoms with E-state index in [4.69, 9.17) is 0 Å². The maximum Gasteiger partial charge on any atom is 0.315 e. The van der Waals surface area contributed by atoms with Crippen molar-refractivity contribution < 1.29 is 13.2 Å². The predicted octanol–water partition coefficient (Wildman–Crippen LogP) is 2.57. The number of rotatable bonds is 7. The molecule has 0 spiro atoms. The Morgan fingerprint density at radius 2 is 1.73 bits per heavy atom. The fourth-order valence-corrected chi connectivity index (χ4v) is 3.88. The number of piperidine rings is 1. The minimum atomic E-state index is -3.20.